The normalized spacial score (nSPS) is 19.4. The molecule has 1 N–H and O–H groups in total. The van der Waals surface area contributed by atoms with Gasteiger partial charge in [0.25, 0.3) is 0 Å². The lowest BCUT2D eigenvalue weighted by Gasteiger charge is -2.17. The molecular weight excluding hydrogens is 264 g/mol. The Morgan fingerprint density at radius 2 is 2.06 bits per heavy atom. The van der Waals surface area contributed by atoms with Crippen LogP contribution >= 0.6 is 12.6 Å². The third-order valence-electron chi connectivity index (χ3n) is 2.66. The molecule has 0 aliphatic carbocycles. The zero-order chi connectivity index (χ0) is 13.4. The van der Waals surface area contributed by atoms with Gasteiger partial charge in [0.05, 0.1) is 11.3 Å². The number of amides is 1. The van der Waals surface area contributed by atoms with E-state index >= 15 is 0 Å². The van der Waals surface area contributed by atoms with Gasteiger partial charge in [0.2, 0.25) is 5.91 Å². The smallest absolute Gasteiger partial charge is 0.338 e. The molecule has 18 heavy (non-hydrogen) atoms. The van der Waals surface area contributed by atoms with Crippen LogP contribution in [0.5, 0.6) is 0 Å². The third kappa shape index (κ3) is 2.17. The van der Waals surface area contributed by atoms with Crippen LogP contribution in [0.3, 0.4) is 0 Å². The Balaban J connectivity index is 2.44. The van der Waals surface area contributed by atoms with E-state index in [2.05, 4.69) is 12.6 Å². The number of halogens is 2. The van der Waals surface area contributed by atoms with Gasteiger partial charge in [-0.2, -0.15) is 12.6 Å². The van der Waals surface area contributed by atoms with Gasteiger partial charge in [-0.15, -0.1) is 0 Å². The number of carbonyl (C=O) groups is 2. The van der Waals surface area contributed by atoms with Crippen LogP contribution in [0.25, 0.3) is 0 Å². The van der Waals surface area contributed by atoms with Gasteiger partial charge >= 0.3 is 5.97 Å². The van der Waals surface area contributed by atoms with Gasteiger partial charge in [-0.3, -0.25) is 4.79 Å². The first-order valence-corrected chi connectivity index (χ1v) is 5.62. The van der Waals surface area contributed by atoms with Gasteiger partial charge in [-0.1, -0.05) is 0 Å². The number of nitrogens with zero attached hydrogens (tertiary/aromatic N) is 1. The maximum atomic E-state index is 13.7. The van der Waals surface area contributed by atoms with Crippen molar-refractivity contribution in [1.82, 2.24) is 0 Å². The van der Waals surface area contributed by atoms with Gasteiger partial charge < -0.3 is 10.0 Å². The third-order valence-corrected chi connectivity index (χ3v) is 3.01. The average Bonchev–Trinajstić information content (AvgIpc) is 2.60. The van der Waals surface area contributed by atoms with E-state index in [9.17, 15) is 18.4 Å². The van der Waals surface area contributed by atoms with Crippen molar-refractivity contribution < 1.29 is 23.5 Å². The molecule has 0 spiro atoms. The van der Waals surface area contributed by atoms with Crippen LogP contribution in [0.15, 0.2) is 12.1 Å². The molecule has 7 heteroatoms. The van der Waals surface area contributed by atoms with E-state index in [0.29, 0.717) is 6.07 Å². The number of benzene rings is 1. The lowest BCUT2D eigenvalue weighted by atomic mass is 10.1. The Morgan fingerprint density at radius 1 is 1.39 bits per heavy atom. The molecule has 96 valence electrons. The minimum atomic E-state index is -1.56. The molecule has 1 saturated heterocycles. The summed E-state index contributed by atoms with van der Waals surface area (Å²) in [6, 6.07) is 1.30. The van der Waals surface area contributed by atoms with Crippen molar-refractivity contribution in [1.29, 1.82) is 0 Å². The Hall–Kier alpha value is -1.63. The minimum absolute atomic E-state index is 0.144. The van der Waals surface area contributed by atoms with E-state index in [1.165, 1.54) is 0 Å². The lowest BCUT2D eigenvalue weighted by Crippen LogP contribution is -2.26. The second-order valence-corrected chi connectivity index (χ2v) is 4.68. The first kappa shape index (κ1) is 12.8. The Kier molecular flexibility index (Phi) is 3.25. The highest BCUT2D eigenvalue weighted by Crippen LogP contribution is 2.28. The highest BCUT2D eigenvalue weighted by Gasteiger charge is 2.31. The van der Waals surface area contributed by atoms with Crippen LogP contribution in [0.2, 0.25) is 0 Å². The standard InChI is InChI=1S/C11H9F2NO3S/c12-7-3-9(8(13)2-6(7)11(16)17)14-4-5(18)1-10(14)15/h2-3,5,18H,1,4H2,(H,16,17). The molecule has 2 rings (SSSR count). The van der Waals surface area contributed by atoms with Crippen LogP contribution in [-0.2, 0) is 4.79 Å². The molecule has 0 saturated carbocycles. The van der Waals surface area contributed by atoms with E-state index in [4.69, 9.17) is 5.11 Å². The van der Waals surface area contributed by atoms with Crippen molar-refractivity contribution in [3.8, 4) is 0 Å². The Morgan fingerprint density at radius 3 is 2.56 bits per heavy atom. The molecule has 1 heterocycles. The Labute approximate surface area is 107 Å². The average molecular weight is 273 g/mol. The summed E-state index contributed by atoms with van der Waals surface area (Å²) in [6.45, 7) is 0.171. The largest absolute Gasteiger partial charge is 0.478 e. The SMILES string of the molecule is O=C(O)c1cc(F)c(N2CC(S)CC2=O)cc1F. The van der Waals surface area contributed by atoms with Crippen LogP contribution in [0.1, 0.15) is 16.8 Å². The molecule has 1 aliphatic rings. The molecule has 1 unspecified atom stereocenters. The quantitative estimate of drug-likeness (QED) is 0.806. The van der Waals surface area contributed by atoms with Crippen LogP contribution in [-0.4, -0.2) is 28.8 Å². The van der Waals surface area contributed by atoms with Gasteiger partial charge in [-0.05, 0) is 6.07 Å². The highest BCUT2D eigenvalue weighted by atomic mass is 32.1. The van der Waals surface area contributed by atoms with E-state index in [1.54, 1.807) is 0 Å². The number of carboxylic acid groups (broad SMARTS) is 1. The van der Waals surface area contributed by atoms with Gasteiger partial charge in [0.1, 0.15) is 11.6 Å². The summed E-state index contributed by atoms with van der Waals surface area (Å²) >= 11 is 4.10. The summed E-state index contributed by atoms with van der Waals surface area (Å²) < 4.78 is 27.1. The lowest BCUT2D eigenvalue weighted by molar-refractivity contribution is -0.117. The van der Waals surface area contributed by atoms with Crippen molar-refractivity contribution in [2.45, 2.75) is 11.7 Å². The van der Waals surface area contributed by atoms with E-state index in [0.717, 1.165) is 11.0 Å². The molecule has 1 aliphatic heterocycles. The molecule has 1 aromatic carbocycles. The Bertz CT molecular complexity index is 535. The molecule has 0 aromatic heterocycles. The maximum Gasteiger partial charge on any atom is 0.338 e. The maximum absolute atomic E-state index is 13.7. The summed E-state index contributed by atoms with van der Waals surface area (Å²) in [5.41, 5.74) is -1.01. The van der Waals surface area contributed by atoms with Crippen molar-refractivity contribution >= 4 is 30.2 Å². The van der Waals surface area contributed by atoms with E-state index < -0.39 is 23.2 Å². The molecule has 1 aromatic rings. The second kappa shape index (κ2) is 4.56. The van der Waals surface area contributed by atoms with Crippen molar-refractivity contribution in [3.63, 3.8) is 0 Å². The predicted molar refractivity (Wildman–Crippen MR) is 63.1 cm³/mol. The molecule has 1 fully saturated rings. The predicted octanol–water partition coefficient (Wildman–Crippen LogP) is 1.70. The number of anilines is 1. The molecule has 0 bridgehead atoms. The van der Waals surface area contributed by atoms with Crippen molar-refractivity contribution in [3.05, 3.63) is 29.3 Å². The first-order valence-electron chi connectivity index (χ1n) is 5.11. The van der Waals surface area contributed by atoms with E-state index in [1.807, 2.05) is 0 Å². The van der Waals surface area contributed by atoms with Crippen LogP contribution in [0, 0.1) is 11.6 Å². The number of carboxylic acids is 1. The topological polar surface area (TPSA) is 57.6 Å². The summed E-state index contributed by atoms with van der Waals surface area (Å²) in [6.07, 6.45) is 0.144. The number of thiol groups is 1. The zero-order valence-corrected chi connectivity index (χ0v) is 9.95. The van der Waals surface area contributed by atoms with Crippen LogP contribution in [0.4, 0.5) is 14.5 Å². The zero-order valence-electron chi connectivity index (χ0n) is 9.06. The van der Waals surface area contributed by atoms with Crippen molar-refractivity contribution in [2.75, 3.05) is 11.4 Å². The highest BCUT2D eigenvalue weighted by molar-refractivity contribution is 7.81. The minimum Gasteiger partial charge on any atom is -0.478 e. The summed E-state index contributed by atoms with van der Waals surface area (Å²) in [5, 5.41) is 8.40. The molecule has 1 atom stereocenters. The molecule has 0 radical (unpaired) electrons. The number of carbonyl (C=O) groups excluding carboxylic acids is 1. The number of hydrogen-bond acceptors (Lipinski definition) is 3. The fourth-order valence-corrected chi connectivity index (χ4v) is 2.15. The number of aromatic carboxylic acids is 1. The fourth-order valence-electron chi connectivity index (χ4n) is 1.83. The number of rotatable bonds is 2. The van der Waals surface area contributed by atoms with Gasteiger partial charge in [0.15, 0.2) is 0 Å². The monoisotopic (exact) mass is 273 g/mol. The summed E-state index contributed by atoms with van der Waals surface area (Å²) in [7, 11) is 0. The van der Waals surface area contributed by atoms with Gasteiger partial charge in [-0.25, -0.2) is 13.6 Å². The molecule has 4 nitrogen and oxygen atoms in total. The van der Waals surface area contributed by atoms with Crippen molar-refractivity contribution in [2.24, 2.45) is 0 Å². The fraction of sp³-hybridized carbons (Fsp3) is 0.273. The molecular formula is C11H9F2NO3S. The van der Waals surface area contributed by atoms with E-state index in [-0.39, 0.29) is 29.8 Å². The molecule has 1 amide bonds. The summed E-state index contributed by atoms with van der Waals surface area (Å²) in [5.74, 6) is -3.94. The number of hydrogen-bond donors (Lipinski definition) is 2. The first-order chi connectivity index (χ1) is 8.40. The van der Waals surface area contributed by atoms with Gasteiger partial charge in [0, 0.05) is 24.3 Å². The van der Waals surface area contributed by atoms with Crippen LogP contribution < -0.4 is 4.90 Å². The second-order valence-electron chi connectivity index (χ2n) is 3.95. The summed E-state index contributed by atoms with van der Waals surface area (Å²) in [4.78, 5) is 23.2.